The van der Waals surface area contributed by atoms with Crippen LogP contribution in [0.1, 0.15) is 36.5 Å². The molecule has 0 spiro atoms. The van der Waals surface area contributed by atoms with Gasteiger partial charge in [-0.2, -0.15) is 0 Å². The lowest BCUT2D eigenvalue weighted by Gasteiger charge is -2.22. The number of nitrogens with zero attached hydrogens (tertiary/aromatic N) is 2. The van der Waals surface area contributed by atoms with Crippen LogP contribution in [0.25, 0.3) is 0 Å². The van der Waals surface area contributed by atoms with Crippen LogP contribution in [-0.4, -0.2) is 46.6 Å². The van der Waals surface area contributed by atoms with Gasteiger partial charge in [0.05, 0.1) is 24.1 Å². The van der Waals surface area contributed by atoms with Crippen molar-refractivity contribution in [2.24, 2.45) is 0 Å². The zero-order chi connectivity index (χ0) is 13.7. The summed E-state index contributed by atoms with van der Waals surface area (Å²) in [5.41, 5.74) is 1.42. The summed E-state index contributed by atoms with van der Waals surface area (Å²) >= 11 is 0. The van der Waals surface area contributed by atoms with Crippen LogP contribution in [0.2, 0.25) is 0 Å². The monoisotopic (exact) mass is 263 g/mol. The minimum absolute atomic E-state index is 0.00501. The molecule has 1 aromatic heterocycles. The number of amides is 1. The third kappa shape index (κ3) is 3.44. The van der Waals surface area contributed by atoms with E-state index in [0.29, 0.717) is 18.2 Å². The minimum Gasteiger partial charge on any atom is -0.395 e. The Morgan fingerprint density at radius 3 is 3.00 bits per heavy atom. The smallest absolute Gasteiger partial charge is 0.256 e. The van der Waals surface area contributed by atoms with Crippen molar-refractivity contribution >= 4 is 11.6 Å². The van der Waals surface area contributed by atoms with E-state index < -0.39 is 0 Å². The highest BCUT2D eigenvalue weighted by Gasteiger charge is 2.33. The van der Waals surface area contributed by atoms with Crippen LogP contribution in [0.15, 0.2) is 18.5 Å². The second-order valence-corrected chi connectivity index (χ2v) is 4.80. The number of carbonyl (C=O) groups is 1. The van der Waals surface area contributed by atoms with Crippen molar-refractivity contribution in [3.63, 3.8) is 0 Å². The summed E-state index contributed by atoms with van der Waals surface area (Å²) in [5.74, 6) is -0.0162. The Labute approximate surface area is 113 Å². The van der Waals surface area contributed by atoms with Gasteiger partial charge in [0.25, 0.3) is 5.91 Å². The van der Waals surface area contributed by atoms with Crippen molar-refractivity contribution in [2.45, 2.75) is 32.2 Å². The molecule has 5 nitrogen and oxygen atoms in total. The van der Waals surface area contributed by atoms with E-state index >= 15 is 0 Å². The number of pyridine rings is 1. The molecule has 19 heavy (non-hydrogen) atoms. The quantitative estimate of drug-likeness (QED) is 0.782. The third-order valence-corrected chi connectivity index (χ3v) is 3.21. The highest BCUT2D eigenvalue weighted by molar-refractivity contribution is 5.99. The zero-order valence-corrected chi connectivity index (χ0v) is 11.3. The Morgan fingerprint density at radius 1 is 1.58 bits per heavy atom. The molecule has 1 aliphatic carbocycles. The fraction of sp³-hybridized carbons (Fsp3) is 0.571. The normalized spacial score (nSPS) is 14.2. The zero-order valence-electron chi connectivity index (χ0n) is 11.3. The highest BCUT2D eigenvalue weighted by Crippen LogP contribution is 2.29. The molecule has 0 aromatic carbocycles. The SMILES string of the molecule is CCCNc1cnccc1C(=O)N(CCO)C1CC1. The summed E-state index contributed by atoms with van der Waals surface area (Å²) in [5, 5.41) is 12.3. The Hall–Kier alpha value is -1.62. The van der Waals surface area contributed by atoms with E-state index in [-0.39, 0.29) is 12.5 Å². The number of anilines is 1. The van der Waals surface area contributed by atoms with Gasteiger partial charge in [-0.15, -0.1) is 0 Å². The van der Waals surface area contributed by atoms with Crippen molar-refractivity contribution in [1.82, 2.24) is 9.88 Å². The van der Waals surface area contributed by atoms with Gasteiger partial charge in [0.15, 0.2) is 0 Å². The summed E-state index contributed by atoms with van der Waals surface area (Å²) in [6.07, 6.45) is 6.38. The lowest BCUT2D eigenvalue weighted by atomic mass is 10.2. The van der Waals surface area contributed by atoms with Gasteiger partial charge in [-0.05, 0) is 25.3 Å². The van der Waals surface area contributed by atoms with Crippen LogP contribution in [0.5, 0.6) is 0 Å². The second kappa shape index (κ2) is 6.52. The van der Waals surface area contributed by atoms with Crippen LogP contribution in [0, 0.1) is 0 Å². The molecule has 1 fully saturated rings. The predicted molar refractivity (Wildman–Crippen MR) is 74.2 cm³/mol. The summed E-state index contributed by atoms with van der Waals surface area (Å²) < 4.78 is 0. The Kier molecular flexibility index (Phi) is 4.74. The van der Waals surface area contributed by atoms with Gasteiger partial charge in [0.2, 0.25) is 0 Å². The highest BCUT2D eigenvalue weighted by atomic mass is 16.3. The largest absolute Gasteiger partial charge is 0.395 e. The minimum atomic E-state index is -0.0162. The second-order valence-electron chi connectivity index (χ2n) is 4.80. The van der Waals surface area contributed by atoms with Gasteiger partial charge in [-0.3, -0.25) is 9.78 Å². The maximum Gasteiger partial charge on any atom is 0.256 e. The molecule has 1 aromatic rings. The van der Waals surface area contributed by atoms with Crippen LogP contribution >= 0.6 is 0 Å². The first-order chi connectivity index (χ1) is 9.27. The summed E-state index contributed by atoms with van der Waals surface area (Å²) in [7, 11) is 0. The van der Waals surface area contributed by atoms with Crippen molar-refractivity contribution < 1.29 is 9.90 Å². The lowest BCUT2D eigenvalue weighted by Crippen LogP contribution is -2.36. The van der Waals surface area contributed by atoms with Gasteiger partial charge < -0.3 is 15.3 Å². The molecule has 1 amide bonds. The number of aliphatic hydroxyl groups excluding tert-OH is 1. The van der Waals surface area contributed by atoms with E-state index in [1.54, 1.807) is 23.4 Å². The Bertz CT molecular complexity index is 432. The number of rotatable bonds is 7. The first kappa shape index (κ1) is 13.8. The van der Waals surface area contributed by atoms with Crippen LogP contribution in [-0.2, 0) is 0 Å². The fourth-order valence-corrected chi connectivity index (χ4v) is 2.08. The van der Waals surface area contributed by atoms with Gasteiger partial charge in [-0.25, -0.2) is 0 Å². The summed E-state index contributed by atoms with van der Waals surface area (Å²) in [6, 6.07) is 2.04. The van der Waals surface area contributed by atoms with E-state index in [2.05, 4.69) is 17.2 Å². The van der Waals surface area contributed by atoms with E-state index in [9.17, 15) is 4.79 Å². The van der Waals surface area contributed by atoms with E-state index in [4.69, 9.17) is 5.11 Å². The number of aromatic nitrogens is 1. The number of nitrogens with one attached hydrogen (secondary N) is 1. The molecule has 2 rings (SSSR count). The van der Waals surface area contributed by atoms with Crippen molar-refractivity contribution in [1.29, 1.82) is 0 Å². The third-order valence-electron chi connectivity index (χ3n) is 3.21. The number of hydrogen-bond donors (Lipinski definition) is 2. The molecule has 5 heteroatoms. The molecule has 0 bridgehead atoms. The average molecular weight is 263 g/mol. The molecular weight excluding hydrogens is 242 g/mol. The van der Waals surface area contributed by atoms with Gasteiger partial charge in [0.1, 0.15) is 0 Å². The van der Waals surface area contributed by atoms with Gasteiger partial charge in [-0.1, -0.05) is 6.92 Å². The van der Waals surface area contributed by atoms with Crippen LogP contribution < -0.4 is 5.32 Å². The van der Waals surface area contributed by atoms with Gasteiger partial charge in [0, 0.05) is 25.3 Å². The first-order valence-corrected chi connectivity index (χ1v) is 6.87. The molecule has 2 N–H and O–H groups in total. The molecule has 0 aliphatic heterocycles. The van der Waals surface area contributed by atoms with Gasteiger partial charge >= 0.3 is 0 Å². The molecule has 1 saturated carbocycles. The van der Waals surface area contributed by atoms with Crippen molar-refractivity contribution in [2.75, 3.05) is 25.0 Å². The molecule has 1 aliphatic rings. The Balaban J connectivity index is 2.16. The summed E-state index contributed by atoms with van der Waals surface area (Å²) in [4.78, 5) is 18.4. The predicted octanol–water partition coefficient (Wildman–Crippen LogP) is 1.50. The average Bonchev–Trinajstić information content (AvgIpc) is 3.26. The van der Waals surface area contributed by atoms with E-state index in [1.165, 1.54) is 0 Å². The van der Waals surface area contributed by atoms with E-state index in [0.717, 1.165) is 31.5 Å². The standard InChI is InChI=1S/C14H21N3O2/c1-2-6-16-13-10-15-7-5-12(13)14(19)17(8-9-18)11-3-4-11/h5,7,10-11,16,18H,2-4,6,8-9H2,1H3. The number of hydrogen-bond acceptors (Lipinski definition) is 4. The maximum atomic E-state index is 12.5. The topological polar surface area (TPSA) is 65.5 Å². The maximum absolute atomic E-state index is 12.5. The number of aliphatic hydroxyl groups is 1. The van der Waals surface area contributed by atoms with Crippen molar-refractivity contribution in [3.05, 3.63) is 24.0 Å². The van der Waals surface area contributed by atoms with Crippen LogP contribution in [0.4, 0.5) is 5.69 Å². The first-order valence-electron chi connectivity index (χ1n) is 6.87. The van der Waals surface area contributed by atoms with Crippen LogP contribution in [0.3, 0.4) is 0 Å². The van der Waals surface area contributed by atoms with Crippen molar-refractivity contribution in [3.8, 4) is 0 Å². The molecule has 1 heterocycles. The molecule has 0 atom stereocenters. The Morgan fingerprint density at radius 2 is 2.37 bits per heavy atom. The fourth-order valence-electron chi connectivity index (χ4n) is 2.08. The molecule has 0 unspecified atom stereocenters. The molecular formula is C14H21N3O2. The lowest BCUT2D eigenvalue weighted by molar-refractivity contribution is 0.0708. The number of carbonyl (C=O) groups excluding carboxylic acids is 1. The van der Waals surface area contributed by atoms with E-state index in [1.807, 2.05) is 0 Å². The summed E-state index contributed by atoms with van der Waals surface area (Å²) in [6.45, 7) is 3.30. The molecule has 0 radical (unpaired) electrons. The molecule has 0 saturated heterocycles. The molecule has 104 valence electrons.